The first kappa shape index (κ1) is 14.8. The number of rotatable bonds is 3. The van der Waals surface area contributed by atoms with E-state index < -0.39 is 8.07 Å². The number of nitrogens with one attached hydrogen (secondary N) is 1. The lowest BCUT2D eigenvalue weighted by molar-refractivity contribution is 0.0776. The standard InChI is InChI=1S/C14H28N2O2Si/c1-19(2,3)11-10-18-13(17)16-9-8-15-14(12-16)6-4-5-7-14/h15H,4-12H2,1-3H3. The second-order valence-corrected chi connectivity index (χ2v) is 12.9. The molecular weight excluding hydrogens is 256 g/mol. The summed E-state index contributed by atoms with van der Waals surface area (Å²) in [5.74, 6) is 0. The van der Waals surface area contributed by atoms with E-state index >= 15 is 0 Å². The van der Waals surface area contributed by atoms with Gasteiger partial charge in [0.1, 0.15) is 0 Å². The predicted octanol–water partition coefficient (Wildman–Crippen LogP) is 2.68. The Labute approximate surface area is 117 Å². The zero-order chi connectivity index (χ0) is 13.9. The summed E-state index contributed by atoms with van der Waals surface area (Å²) >= 11 is 0. The molecule has 1 saturated heterocycles. The lowest BCUT2D eigenvalue weighted by Gasteiger charge is -2.41. The quantitative estimate of drug-likeness (QED) is 0.810. The van der Waals surface area contributed by atoms with Gasteiger partial charge < -0.3 is 15.0 Å². The number of hydrogen-bond donors (Lipinski definition) is 1. The number of nitrogens with zero attached hydrogens (tertiary/aromatic N) is 1. The Hall–Kier alpha value is -0.553. The maximum absolute atomic E-state index is 12.1. The first-order valence-electron chi connectivity index (χ1n) is 7.57. The topological polar surface area (TPSA) is 41.6 Å². The third-order valence-electron chi connectivity index (χ3n) is 4.27. The van der Waals surface area contributed by atoms with Gasteiger partial charge in [0.25, 0.3) is 0 Å². The van der Waals surface area contributed by atoms with Crippen LogP contribution in [0.5, 0.6) is 0 Å². The molecule has 4 nitrogen and oxygen atoms in total. The van der Waals surface area contributed by atoms with Crippen molar-refractivity contribution < 1.29 is 9.53 Å². The highest BCUT2D eigenvalue weighted by atomic mass is 28.3. The van der Waals surface area contributed by atoms with Gasteiger partial charge in [0, 0.05) is 33.2 Å². The Morgan fingerprint density at radius 2 is 2.00 bits per heavy atom. The van der Waals surface area contributed by atoms with Crippen molar-refractivity contribution in [1.82, 2.24) is 10.2 Å². The van der Waals surface area contributed by atoms with Gasteiger partial charge >= 0.3 is 6.09 Å². The normalized spacial score (nSPS) is 22.8. The minimum atomic E-state index is -1.11. The molecule has 1 spiro atoms. The summed E-state index contributed by atoms with van der Waals surface area (Å²) in [7, 11) is -1.11. The molecule has 1 aliphatic carbocycles. The summed E-state index contributed by atoms with van der Waals surface area (Å²) in [6.45, 7) is 10.0. The van der Waals surface area contributed by atoms with E-state index in [-0.39, 0.29) is 11.6 Å². The van der Waals surface area contributed by atoms with Gasteiger partial charge in [-0.3, -0.25) is 0 Å². The molecule has 0 aromatic rings. The van der Waals surface area contributed by atoms with Gasteiger partial charge in [-0.2, -0.15) is 0 Å². The predicted molar refractivity (Wildman–Crippen MR) is 80.3 cm³/mol. The molecule has 5 heteroatoms. The molecule has 2 fully saturated rings. The maximum atomic E-state index is 12.1. The number of piperazine rings is 1. The average Bonchev–Trinajstić information content (AvgIpc) is 2.75. The number of ether oxygens (including phenoxy) is 1. The van der Waals surface area contributed by atoms with Crippen molar-refractivity contribution in [1.29, 1.82) is 0 Å². The van der Waals surface area contributed by atoms with E-state index in [1.807, 2.05) is 4.90 Å². The SMILES string of the molecule is C[Si](C)(C)CCOC(=O)N1CCNC2(CCCC2)C1. The van der Waals surface area contributed by atoms with Crippen LogP contribution in [0.2, 0.25) is 25.7 Å². The van der Waals surface area contributed by atoms with Crippen LogP contribution in [0.25, 0.3) is 0 Å². The van der Waals surface area contributed by atoms with E-state index in [1.54, 1.807) is 0 Å². The summed E-state index contributed by atoms with van der Waals surface area (Å²) in [5, 5.41) is 3.62. The van der Waals surface area contributed by atoms with Crippen LogP contribution in [0.1, 0.15) is 25.7 Å². The van der Waals surface area contributed by atoms with Crippen LogP contribution in [0, 0.1) is 0 Å². The number of carbonyl (C=O) groups excluding carboxylic acids is 1. The molecular formula is C14H28N2O2Si. The summed E-state index contributed by atoms with van der Waals surface area (Å²) in [5.41, 5.74) is 0.191. The Balaban J connectivity index is 1.79. The molecule has 1 heterocycles. The molecule has 2 rings (SSSR count). The smallest absolute Gasteiger partial charge is 0.409 e. The van der Waals surface area contributed by atoms with Crippen molar-refractivity contribution >= 4 is 14.2 Å². The molecule has 0 unspecified atom stereocenters. The van der Waals surface area contributed by atoms with Gasteiger partial charge in [-0.05, 0) is 18.9 Å². The van der Waals surface area contributed by atoms with Crippen LogP contribution in [0.3, 0.4) is 0 Å². The first-order valence-corrected chi connectivity index (χ1v) is 11.3. The summed E-state index contributed by atoms with van der Waals surface area (Å²) < 4.78 is 5.45. The van der Waals surface area contributed by atoms with E-state index in [0.29, 0.717) is 6.61 Å². The fraction of sp³-hybridized carbons (Fsp3) is 0.929. The Bertz CT molecular complexity index is 322. The molecule has 19 heavy (non-hydrogen) atoms. The van der Waals surface area contributed by atoms with Crippen molar-refractivity contribution in [2.75, 3.05) is 26.2 Å². The Morgan fingerprint density at radius 1 is 1.32 bits per heavy atom. The number of hydrogen-bond acceptors (Lipinski definition) is 3. The monoisotopic (exact) mass is 284 g/mol. The number of carbonyl (C=O) groups is 1. The van der Waals surface area contributed by atoms with Crippen LogP contribution in [0.15, 0.2) is 0 Å². The van der Waals surface area contributed by atoms with E-state index in [4.69, 9.17) is 4.74 Å². The highest BCUT2D eigenvalue weighted by Gasteiger charge is 2.39. The fourth-order valence-corrected chi connectivity index (χ4v) is 3.75. The van der Waals surface area contributed by atoms with E-state index in [0.717, 1.165) is 25.7 Å². The highest BCUT2D eigenvalue weighted by molar-refractivity contribution is 6.76. The third kappa shape index (κ3) is 4.21. The second-order valence-electron chi connectivity index (χ2n) is 7.26. The number of amides is 1. The molecule has 0 radical (unpaired) electrons. The van der Waals surface area contributed by atoms with Crippen LogP contribution in [-0.2, 0) is 4.74 Å². The van der Waals surface area contributed by atoms with Gasteiger partial charge in [-0.25, -0.2) is 4.79 Å². The van der Waals surface area contributed by atoms with Crippen molar-refractivity contribution in [3.05, 3.63) is 0 Å². The molecule has 1 aliphatic heterocycles. The molecule has 0 bridgehead atoms. The zero-order valence-electron chi connectivity index (χ0n) is 12.6. The lowest BCUT2D eigenvalue weighted by atomic mass is 9.95. The summed E-state index contributed by atoms with van der Waals surface area (Å²) in [4.78, 5) is 14.0. The molecule has 0 atom stereocenters. The van der Waals surface area contributed by atoms with Crippen molar-refractivity contribution in [2.24, 2.45) is 0 Å². The molecule has 2 aliphatic rings. The first-order chi connectivity index (χ1) is 8.90. The highest BCUT2D eigenvalue weighted by Crippen LogP contribution is 2.32. The van der Waals surface area contributed by atoms with E-state index in [2.05, 4.69) is 25.0 Å². The van der Waals surface area contributed by atoms with Crippen molar-refractivity contribution in [2.45, 2.75) is 56.9 Å². The van der Waals surface area contributed by atoms with Crippen molar-refractivity contribution in [3.8, 4) is 0 Å². The molecule has 1 saturated carbocycles. The third-order valence-corrected chi connectivity index (χ3v) is 5.98. The summed E-state index contributed by atoms with van der Waals surface area (Å²) in [6, 6.07) is 1.05. The molecule has 0 aromatic carbocycles. The Kier molecular flexibility index (Phi) is 4.56. The van der Waals surface area contributed by atoms with Crippen molar-refractivity contribution in [3.63, 3.8) is 0 Å². The van der Waals surface area contributed by atoms with Gasteiger partial charge in [0.2, 0.25) is 0 Å². The van der Waals surface area contributed by atoms with Crippen LogP contribution < -0.4 is 5.32 Å². The van der Waals surface area contributed by atoms with Gasteiger partial charge in [0.15, 0.2) is 0 Å². The van der Waals surface area contributed by atoms with Gasteiger partial charge in [-0.1, -0.05) is 32.5 Å². The minimum absolute atomic E-state index is 0.106. The molecule has 1 amide bonds. The largest absolute Gasteiger partial charge is 0.450 e. The maximum Gasteiger partial charge on any atom is 0.409 e. The van der Waals surface area contributed by atoms with E-state index in [1.165, 1.54) is 25.7 Å². The van der Waals surface area contributed by atoms with Crippen LogP contribution in [-0.4, -0.2) is 50.8 Å². The fourth-order valence-electron chi connectivity index (χ4n) is 3.03. The van der Waals surface area contributed by atoms with Gasteiger partial charge in [0.05, 0.1) is 6.61 Å². The molecule has 0 aromatic heterocycles. The van der Waals surface area contributed by atoms with Crippen LogP contribution in [0.4, 0.5) is 4.79 Å². The lowest BCUT2D eigenvalue weighted by Crippen LogP contribution is -2.60. The second kappa shape index (κ2) is 5.83. The van der Waals surface area contributed by atoms with Gasteiger partial charge in [-0.15, -0.1) is 0 Å². The minimum Gasteiger partial charge on any atom is -0.450 e. The Morgan fingerprint density at radius 3 is 2.63 bits per heavy atom. The van der Waals surface area contributed by atoms with Crippen LogP contribution >= 0.6 is 0 Å². The summed E-state index contributed by atoms with van der Waals surface area (Å²) in [6.07, 6.45) is 4.86. The molecule has 1 N–H and O–H groups in total. The van der Waals surface area contributed by atoms with E-state index in [9.17, 15) is 4.79 Å². The molecule has 110 valence electrons. The average molecular weight is 284 g/mol. The zero-order valence-corrected chi connectivity index (χ0v) is 13.6.